The maximum absolute atomic E-state index is 13.0. The molecular weight excluding hydrogens is 434 g/mol. The number of aromatic amines is 1. The number of fused-ring (bicyclic) bond motifs is 2. The normalized spacial score (nSPS) is 19.3. The number of β-amino-alcohol motifs (C(OH)–C–C–N with tert-alkyl or cyclic N) is 1. The molecule has 180 valence electrons. The van der Waals surface area contributed by atoms with Crippen LogP contribution < -0.4 is 15.2 Å². The van der Waals surface area contributed by atoms with Gasteiger partial charge in [0.2, 0.25) is 5.95 Å². The number of amides is 1. The average molecular weight is 466 g/mol. The van der Waals surface area contributed by atoms with E-state index in [4.69, 9.17) is 9.72 Å². The summed E-state index contributed by atoms with van der Waals surface area (Å²) in [5, 5.41) is 10.5. The molecule has 5 rings (SSSR count). The number of aliphatic hydroxyl groups is 1. The van der Waals surface area contributed by atoms with E-state index in [9.17, 15) is 14.7 Å². The molecule has 0 aliphatic carbocycles. The number of nitrogens with zero attached hydrogens (tertiary/aromatic N) is 4. The van der Waals surface area contributed by atoms with Crippen LogP contribution in [0.5, 0.6) is 5.75 Å². The molecule has 2 N–H and O–H groups in total. The Balaban J connectivity index is 1.45. The van der Waals surface area contributed by atoms with Gasteiger partial charge in [-0.2, -0.15) is 0 Å². The molecule has 4 heterocycles. The highest BCUT2D eigenvalue weighted by molar-refractivity contribution is 5.95. The molecule has 0 saturated carbocycles. The van der Waals surface area contributed by atoms with E-state index in [2.05, 4.69) is 37.6 Å². The Hall–Kier alpha value is -3.33. The lowest BCUT2D eigenvalue weighted by Crippen LogP contribution is -2.45. The first kappa shape index (κ1) is 22.5. The number of aromatic nitrogens is 3. The first-order valence-electron chi connectivity index (χ1n) is 11.8. The number of ether oxygens (including phenoxy) is 1. The van der Waals surface area contributed by atoms with Crippen molar-refractivity contribution in [3.8, 4) is 17.0 Å². The molecule has 34 heavy (non-hydrogen) atoms. The van der Waals surface area contributed by atoms with E-state index in [1.54, 1.807) is 15.5 Å². The summed E-state index contributed by atoms with van der Waals surface area (Å²) in [5.41, 5.74) is 2.02. The van der Waals surface area contributed by atoms with Crippen molar-refractivity contribution >= 4 is 22.8 Å². The summed E-state index contributed by atoms with van der Waals surface area (Å²) in [5.74, 6) is 1.10. The van der Waals surface area contributed by atoms with E-state index in [1.165, 1.54) is 0 Å². The second kappa shape index (κ2) is 8.16. The summed E-state index contributed by atoms with van der Waals surface area (Å²) in [6.07, 6.45) is 2.00. The fourth-order valence-electron chi connectivity index (χ4n) is 5.23. The van der Waals surface area contributed by atoms with E-state index in [1.807, 2.05) is 24.4 Å². The summed E-state index contributed by atoms with van der Waals surface area (Å²) in [6, 6.07) is 7.35. The Morgan fingerprint density at radius 1 is 1.32 bits per heavy atom. The van der Waals surface area contributed by atoms with Crippen molar-refractivity contribution in [2.45, 2.75) is 58.3 Å². The standard InChI is InChI=1S/C25H31N5O4/c1-15(2)30-24-27-21(10-22(32)29(24)14-25(30,3)4)19-11-26-20-6-5-17(9-18(19)20)34-13-23(33)28-8-7-16(31)12-28/h5-6,9-11,15-16,26,31H,7-8,12-14H2,1-4H3/t16-/m1/s1. The van der Waals surface area contributed by atoms with Gasteiger partial charge in [0, 0.05) is 47.9 Å². The van der Waals surface area contributed by atoms with Gasteiger partial charge in [0.1, 0.15) is 5.75 Å². The SMILES string of the molecule is CC(C)N1c2nc(-c3c[nH]c4ccc(OCC(=O)N5CC[C@@H](O)C5)cc34)cc(=O)n2CC1(C)C. The average Bonchev–Trinajstić information content (AvgIpc) is 3.46. The molecule has 1 saturated heterocycles. The quantitative estimate of drug-likeness (QED) is 0.600. The van der Waals surface area contributed by atoms with Crippen LogP contribution in [0.25, 0.3) is 22.2 Å². The number of hydrogen-bond donors (Lipinski definition) is 2. The second-order valence-electron chi connectivity index (χ2n) is 10.1. The smallest absolute Gasteiger partial charge is 0.260 e. The van der Waals surface area contributed by atoms with Gasteiger partial charge in [0.15, 0.2) is 6.61 Å². The van der Waals surface area contributed by atoms with Gasteiger partial charge in [-0.15, -0.1) is 0 Å². The van der Waals surface area contributed by atoms with Gasteiger partial charge in [0.25, 0.3) is 11.5 Å². The van der Waals surface area contributed by atoms with Crippen LogP contribution in [-0.4, -0.2) is 67.8 Å². The highest BCUT2D eigenvalue weighted by atomic mass is 16.5. The minimum absolute atomic E-state index is 0.0728. The molecule has 0 radical (unpaired) electrons. The van der Waals surface area contributed by atoms with Crippen molar-refractivity contribution in [2.24, 2.45) is 0 Å². The van der Waals surface area contributed by atoms with Crippen LogP contribution in [0.2, 0.25) is 0 Å². The largest absolute Gasteiger partial charge is 0.484 e. The Morgan fingerprint density at radius 2 is 2.12 bits per heavy atom. The van der Waals surface area contributed by atoms with Crippen LogP contribution in [0.15, 0.2) is 35.3 Å². The van der Waals surface area contributed by atoms with E-state index < -0.39 is 6.10 Å². The molecule has 0 unspecified atom stereocenters. The first-order valence-corrected chi connectivity index (χ1v) is 11.8. The number of nitrogens with one attached hydrogen (secondary N) is 1. The van der Waals surface area contributed by atoms with Gasteiger partial charge in [0.05, 0.1) is 23.9 Å². The number of carbonyl (C=O) groups is 1. The van der Waals surface area contributed by atoms with Crippen molar-refractivity contribution in [3.05, 3.63) is 40.8 Å². The predicted octanol–water partition coefficient (Wildman–Crippen LogP) is 2.37. The van der Waals surface area contributed by atoms with Gasteiger partial charge in [-0.3, -0.25) is 14.2 Å². The van der Waals surface area contributed by atoms with Gasteiger partial charge in [-0.1, -0.05) is 0 Å². The zero-order valence-corrected chi connectivity index (χ0v) is 20.0. The Kier molecular flexibility index (Phi) is 5.39. The number of anilines is 1. The molecule has 2 aromatic heterocycles. The lowest BCUT2D eigenvalue weighted by molar-refractivity contribution is -0.132. The second-order valence-corrected chi connectivity index (χ2v) is 10.1. The maximum Gasteiger partial charge on any atom is 0.260 e. The van der Waals surface area contributed by atoms with E-state index >= 15 is 0 Å². The Bertz CT molecular complexity index is 1310. The van der Waals surface area contributed by atoms with Gasteiger partial charge in [-0.25, -0.2) is 4.98 Å². The van der Waals surface area contributed by atoms with Crippen molar-refractivity contribution in [1.82, 2.24) is 19.4 Å². The molecule has 1 aromatic carbocycles. The molecule has 0 spiro atoms. The monoisotopic (exact) mass is 465 g/mol. The third-order valence-electron chi connectivity index (χ3n) is 6.72. The van der Waals surface area contributed by atoms with Crippen molar-refractivity contribution in [1.29, 1.82) is 0 Å². The summed E-state index contributed by atoms with van der Waals surface area (Å²) in [4.78, 5) is 37.4. The van der Waals surface area contributed by atoms with E-state index in [0.717, 1.165) is 16.5 Å². The highest BCUT2D eigenvalue weighted by Crippen LogP contribution is 2.35. The Labute approximate surface area is 198 Å². The van der Waals surface area contributed by atoms with Crippen molar-refractivity contribution < 1.29 is 14.6 Å². The fourth-order valence-corrected chi connectivity index (χ4v) is 5.23. The summed E-state index contributed by atoms with van der Waals surface area (Å²) in [7, 11) is 0. The van der Waals surface area contributed by atoms with E-state index in [-0.39, 0.29) is 29.7 Å². The van der Waals surface area contributed by atoms with Crippen LogP contribution in [0.1, 0.15) is 34.1 Å². The van der Waals surface area contributed by atoms with Crippen molar-refractivity contribution in [2.75, 3.05) is 24.6 Å². The predicted molar refractivity (Wildman–Crippen MR) is 130 cm³/mol. The highest BCUT2D eigenvalue weighted by Gasteiger charge is 2.39. The third kappa shape index (κ3) is 3.83. The zero-order valence-electron chi connectivity index (χ0n) is 20.0. The number of likely N-dealkylation sites (tertiary alicyclic amines) is 1. The number of carbonyl (C=O) groups excluding carboxylic acids is 1. The lowest BCUT2D eigenvalue weighted by Gasteiger charge is -2.35. The zero-order chi connectivity index (χ0) is 24.2. The summed E-state index contributed by atoms with van der Waals surface area (Å²) < 4.78 is 7.52. The molecule has 2 aliphatic rings. The Morgan fingerprint density at radius 3 is 2.82 bits per heavy atom. The fraction of sp³-hybridized carbons (Fsp3) is 0.480. The minimum Gasteiger partial charge on any atom is -0.484 e. The molecule has 9 nitrogen and oxygen atoms in total. The molecule has 2 aliphatic heterocycles. The van der Waals surface area contributed by atoms with Crippen LogP contribution in [0.4, 0.5) is 5.95 Å². The van der Waals surface area contributed by atoms with E-state index in [0.29, 0.717) is 43.4 Å². The van der Waals surface area contributed by atoms with Crippen LogP contribution in [0.3, 0.4) is 0 Å². The molecule has 1 fully saturated rings. The number of H-pyrrole nitrogens is 1. The molecule has 0 bridgehead atoms. The molecule has 1 atom stereocenters. The summed E-state index contributed by atoms with van der Waals surface area (Å²) >= 11 is 0. The lowest BCUT2D eigenvalue weighted by atomic mass is 10.0. The third-order valence-corrected chi connectivity index (χ3v) is 6.72. The topological polar surface area (TPSA) is 104 Å². The first-order chi connectivity index (χ1) is 16.1. The van der Waals surface area contributed by atoms with Crippen molar-refractivity contribution in [3.63, 3.8) is 0 Å². The number of rotatable bonds is 5. The maximum atomic E-state index is 13.0. The van der Waals surface area contributed by atoms with Crippen LogP contribution in [0, 0.1) is 0 Å². The number of benzene rings is 1. The van der Waals surface area contributed by atoms with Gasteiger partial charge >= 0.3 is 0 Å². The molecule has 9 heteroatoms. The molecular formula is C25H31N5O4. The van der Waals surface area contributed by atoms with Crippen LogP contribution >= 0.6 is 0 Å². The number of hydrogen-bond acceptors (Lipinski definition) is 6. The molecule has 3 aromatic rings. The van der Waals surface area contributed by atoms with Gasteiger partial charge < -0.3 is 24.6 Å². The number of aliphatic hydroxyl groups excluding tert-OH is 1. The summed E-state index contributed by atoms with van der Waals surface area (Å²) in [6.45, 7) is 9.88. The minimum atomic E-state index is -0.455. The van der Waals surface area contributed by atoms with Crippen LogP contribution in [-0.2, 0) is 11.3 Å². The molecule has 1 amide bonds. The van der Waals surface area contributed by atoms with Gasteiger partial charge in [-0.05, 0) is 52.3 Å².